The molecule has 0 saturated heterocycles. The van der Waals surface area contributed by atoms with Gasteiger partial charge in [0.2, 0.25) is 5.78 Å². The van der Waals surface area contributed by atoms with Crippen LogP contribution < -0.4 is 0 Å². The summed E-state index contributed by atoms with van der Waals surface area (Å²) in [6, 6.07) is 0. The summed E-state index contributed by atoms with van der Waals surface area (Å²) in [5, 5.41) is 0. The zero-order valence-corrected chi connectivity index (χ0v) is 5.97. The molecule has 0 aromatic rings. The molecule has 0 aromatic heterocycles. The molecule has 0 heterocycles. The van der Waals surface area contributed by atoms with Crippen LogP contribution in [0.3, 0.4) is 0 Å². The maximum absolute atomic E-state index is 10.7. The highest BCUT2D eigenvalue weighted by Gasteiger charge is 2.25. The van der Waals surface area contributed by atoms with E-state index < -0.39 is 5.78 Å². The summed E-state index contributed by atoms with van der Waals surface area (Å²) in [6.45, 7) is 2.84. The predicted molar refractivity (Wildman–Crippen MR) is 34.0 cm³/mol. The molecule has 0 aliphatic heterocycles. The van der Waals surface area contributed by atoms with E-state index in [0.717, 1.165) is 0 Å². The summed E-state index contributed by atoms with van der Waals surface area (Å²) in [4.78, 5) is 24.0. The molecule has 0 bridgehead atoms. The second-order valence-corrected chi connectivity index (χ2v) is 1.79. The number of hydrogen-bond acceptors (Lipinski definition) is 3. The molecule has 54 valence electrons. The lowest BCUT2D eigenvalue weighted by molar-refractivity contribution is -0.143. The molecule has 4 heteroatoms. The fourth-order valence-electron chi connectivity index (χ4n) is 0.505. The van der Waals surface area contributed by atoms with Crippen molar-refractivity contribution in [1.82, 2.24) is 0 Å². The van der Waals surface area contributed by atoms with Crippen LogP contribution in [0.1, 0.15) is 20.3 Å². The monoisotopic (exact) mass is 141 g/mol. The van der Waals surface area contributed by atoms with Gasteiger partial charge in [0.05, 0.1) is 10.3 Å². The van der Waals surface area contributed by atoms with E-state index in [0.29, 0.717) is 0 Å². The van der Waals surface area contributed by atoms with Gasteiger partial charge in [0.25, 0.3) is 5.78 Å². The molecular formula is C6H9N2O2+. The van der Waals surface area contributed by atoms with Gasteiger partial charge < -0.3 is 0 Å². The minimum Gasteiger partial charge on any atom is -0.286 e. The van der Waals surface area contributed by atoms with Gasteiger partial charge in [0.1, 0.15) is 0 Å². The lowest BCUT2D eigenvalue weighted by Crippen LogP contribution is -2.21. The maximum Gasteiger partial charge on any atom is 0.449 e. The van der Waals surface area contributed by atoms with Gasteiger partial charge in [-0.1, -0.05) is 6.92 Å². The van der Waals surface area contributed by atoms with Crippen molar-refractivity contribution in [2.24, 2.45) is 0 Å². The van der Waals surface area contributed by atoms with E-state index in [1.165, 1.54) is 6.92 Å². The first-order chi connectivity index (χ1) is 4.63. The van der Waals surface area contributed by atoms with E-state index >= 15 is 0 Å². The normalized spacial score (nSPS) is 8.20. The molecule has 0 radical (unpaired) electrons. The number of carbonyl (C=O) groups excluding carboxylic acids is 2. The second kappa shape index (κ2) is 3.69. The zero-order chi connectivity index (χ0) is 8.15. The molecule has 0 unspecified atom stereocenters. The van der Waals surface area contributed by atoms with Gasteiger partial charge in [-0.15, -0.1) is 0 Å². The second-order valence-electron chi connectivity index (χ2n) is 1.79. The van der Waals surface area contributed by atoms with Crippen molar-refractivity contribution in [2.45, 2.75) is 20.3 Å². The molecule has 1 N–H and O–H groups in total. The third-order valence-corrected chi connectivity index (χ3v) is 1.03. The first-order valence-corrected chi connectivity index (χ1v) is 2.92. The Morgan fingerprint density at radius 3 is 2.10 bits per heavy atom. The Bertz CT molecular complexity index is 214. The van der Waals surface area contributed by atoms with Gasteiger partial charge in [0, 0.05) is 13.3 Å². The first kappa shape index (κ1) is 8.72. The van der Waals surface area contributed by atoms with Crippen molar-refractivity contribution >= 4 is 17.3 Å². The Labute approximate surface area is 58.5 Å². The van der Waals surface area contributed by atoms with Crippen LogP contribution in [0.2, 0.25) is 0 Å². The van der Waals surface area contributed by atoms with Gasteiger partial charge in [-0.05, 0) is 0 Å². The molecule has 0 aliphatic carbocycles. The Morgan fingerprint density at radius 2 is 2.00 bits per heavy atom. The molecular weight excluding hydrogens is 132 g/mol. The SMILES string of the molecule is CCC(=O)C(=[N+]=N)C(C)=O. The lowest BCUT2D eigenvalue weighted by Gasteiger charge is -1.80. The molecule has 0 fully saturated rings. The van der Waals surface area contributed by atoms with Crippen LogP contribution in [-0.2, 0) is 9.59 Å². The number of Topliss-reactive ketones (excluding diaryl/α,β-unsaturated/α-hetero) is 2. The number of nitrogens with zero attached hydrogens (tertiary/aromatic N) is 1. The average Bonchev–Trinajstić information content (AvgIpc) is 1.88. The zero-order valence-electron chi connectivity index (χ0n) is 5.97. The van der Waals surface area contributed by atoms with Gasteiger partial charge in [-0.3, -0.25) is 9.59 Å². The van der Waals surface area contributed by atoms with Crippen molar-refractivity contribution in [3.8, 4) is 0 Å². The van der Waals surface area contributed by atoms with Crippen molar-refractivity contribution in [3.05, 3.63) is 0 Å². The van der Waals surface area contributed by atoms with E-state index in [9.17, 15) is 9.59 Å². The number of rotatable bonds is 3. The van der Waals surface area contributed by atoms with Crippen molar-refractivity contribution in [2.75, 3.05) is 0 Å². The third kappa shape index (κ3) is 1.91. The van der Waals surface area contributed by atoms with Crippen LogP contribution in [0.4, 0.5) is 0 Å². The summed E-state index contributed by atoms with van der Waals surface area (Å²) in [6.07, 6.45) is 0.220. The van der Waals surface area contributed by atoms with Crippen LogP contribution in [0.15, 0.2) is 0 Å². The van der Waals surface area contributed by atoms with Crippen molar-refractivity contribution in [3.63, 3.8) is 0 Å². The maximum atomic E-state index is 10.7. The largest absolute Gasteiger partial charge is 0.449 e. The molecule has 0 aliphatic rings. The van der Waals surface area contributed by atoms with E-state index in [4.69, 9.17) is 5.53 Å². The minimum atomic E-state index is -0.443. The van der Waals surface area contributed by atoms with E-state index in [1.54, 1.807) is 6.92 Å². The molecule has 0 aromatic carbocycles. The summed E-state index contributed by atoms with van der Waals surface area (Å²) in [5.74, 6) is -0.815. The number of ketones is 2. The standard InChI is InChI=1S/C6H9N2O2/c1-3-5(10)6(8-7)4(2)9/h7H,3H2,1-2H3/q+1. The van der Waals surface area contributed by atoms with Crippen LogP contribution in [-0.4, -0.2) is 22.1 Å². The molecule has 10 heavy (non-hydrogen) atoms. The highest BCUT2D eigenvalue weighted by atomic mass is 16.1. The van der Waals surface area contributed by atoms with Crippen molar-refractivity contribution < 1.29 is 14.4 Å². The molecule has 4 nitrogen and oxygen atoms in total. The molecule has 0 rings (SSSR count). The Balaban J connectivity index is 4.56. The van der Waals surface area contributed by atoms with Crippen molar-refractivity contribution in [1.29, 1.82) is 5.53 Å². The number of nitrogens with one attached hydrogen (secondary N) is 1. The quantitative estimate of drug-likeness (QED) is 0.264. The fourth-order valence-corrected chi connectivity index (χ4v) is 0.505. The Kier molecular flexibility index (Phi) is 3.22. The molecule has 0 saturated carbocycles. The lowest BCUT2D eigenvalue weighted by atomic mass is 10.1. The molecule has 0 spiro atoms. The summed E-state index contributed by atoms with van der Waals surface area (Å²) < 4.78 is 0. The average molecular weight is 141 g/mol. The van der Waals surface area contributed by atoms with Crippen LogP contribution in [0, 0.1) is 5.53 Å². The third-order valence-electron chi connectivity index (χ3n) is 1.03. The van der Waals surface area contributed by atoms with Gasteiger partial charge >= 0.3 is 5.71 Å². The van der Waals surface area contributed by atoms with Crippen LogP contribution in [0.25, 0.3) is 0 Å². The summed E-state index contributed by atoms with van der Waals surface area (Å²) in [5.41, 5.74) is 6.21. The van der Waals surface area contributed by atoms with E-state index in [1.807, 2.05) is 0 Å². The topological polar surface area (TPSA) is 72.1 Å². The van der Waals surface area contributed by atoms with Gasteiger partial charge in [-0.25, -0.2) is 0 Å². The number of carbonyl (C=O) groups is 2. The highest BCUT2D eigenvalue weighted by molar-refractivity contribution is 6.63. The first-order valence-electron chi connectivity index (χ1n) is 2.92. The van der Waals surface area contributed by atoms with Gasteiger partial charge in [-0.2, -0.15) is 0 Å². The minimum absolute atomic E-state index is 0.220. The van der Waals surface area contributed by atoms with Crippen LogP contribution in [0.5, 0.6) is 0 Å². The Hall–Kier alpha value is -1.28. The Morgan fingerprint density at radius 1 is 1.50 bits per heavy atom. The van der Waals surface area contributed by atoms with E-state index in [-0.39, 0.29) is 17.9 Å². The number of hydrogen-bond donors (Lipinski definition) is 1. The fraction of sp³-hybridized carbons (Fsp3) is 0.500. The molecule has 0 atom stereocenters. The van der Waals surface area contributed by atoms with Gasteiger partial charge in [0.15, 0.2) is 0 Å². The summed E-state index contributed by atoms with van der Waals surface area (Å²) in [7, 11) is 0. The predicted octanol–water partition coefficient (Wildman–Crippen LogP) is 0.235. The summed E-state index contributed by atoms with van der Waals surface area (Å²) >= 11 is 0. The smallest absolute Gasteiger partial charge is 0.286 e. The van der Waals surface area contributed by atoms with E-state index in [2.05, 4.69) is 4.79 Å². The highest BCUT2D eigenvalue weighted by Crippen LogP contribution is 1.84. The molecule has 0 amide bonds. The van der Waals surface area contributed by atoms with Crippen LogP contribution >= 0.6 is 0 Å².